The van der Waals surface area contributed by atoms with Gasteiger partial charge in [0, 0.05) is 17.4 Å². The molecule has 0 saturated carbocycles. The first-order valence-electron chi connectivity index (χ1n) is 12.8. The minimum Gasteiger partial charge on any atom is -0.376 e. The lowest BCUT2D eigenvalue weighted by atomic mass is 9.69. The van der Waals surface area contributed by atoms with Crippen LogP contribution in [-0.2, 0) is 28.9 Å². The number of aromatic nitrogens is 3. The fourth-order valence-corrected chi connectivity index (χ4v) is 7.09. The van der Waals surface area contributed by atoms with Crippen LogP contribution in [0.2, 0.25) is 0 Å². The Kier molecular flexibility index (Phi) is 8.24. The molecule has 2 aliphatic rings. The van der Waals surface area contributed by atoms with Crippen molar-refractivity contribution in [1.82, 2.24) is 14.8 Å². The molecule has 1 saturated heterocycles. The van der Waals surface area contributed by atoms with Crippen LogP contribution in [0.1, 0.15) is 88.0 Å². The van der Waals surface area contributed by atoms with Gasteiger partial charge >= 0.3 is 0 Å². The van der Waals surface area contributed by atoms with Gasteiger partial charge in [-0.2, -0.15) is 5.26 Å². The molecule has 2 atom stereocenters. The van der Waals surface area contributed by atoms with Crippen LogP contribution >= 0.6 is 23.1 Å². The molecule has 2 aromatic rings. The van der Waals surface area contributed by atoms with Crippen LogP contribution < -0.4 is 5.32 Å². The average Bonchev–Trinajstić information content (AvgIpc) is 3.56. The highest BCUT2D eigenvalue weighted by molar-refractivity contribution is 7.99. The van der Waals surface area contributed by atoms with Gasteiger partial charge < -0.3 is 14.6 Å². The highest BCUT2D eigenvalue weighted by atomic mass is 32.2. The fraction of sp³-hybridized carbons (Fsp3) is 0.692. The summed E-state index contributed by atoms with van der Waals surface area (Å²) in [5.74, 6) is 1.87. The molecule has 1 aliphatic heterocycles. The Morgan fingerprint density at radius 3 is 2.83 bits per heavy atom. The van der Waals surface area contributed by atoms with Crippen molar-refractivity contribution in [2.24, 2.45) is 11.3 Å². The molecule has 1 aliphatic carbocycles. The van der Waals surface area contributed by atoms with E-state index in [9.17, 15) is 10.1 Å². The summed E-state index contributed by atoms with van der Waals surface area (Å²) >= 11 is 2.98. The van der Waals surface area contributed by atoms with Gasteiger partial charge in [-0.3, -0.25) is 4.79 Å². The first kappa shape index (κ1) is 26.2. The van der Waals surface area contributed by atoms with Crippen molar-refractivity contribution in [1.29, 1.82) is 5.26 Å². The number of carbonyl (C=O) groups excluding carboxylic acids is 1. The second kappa shape index (κ2) is 11.0. The lowest BCUT2D eigenvalue weighted by molar-refractivity contribution is -0.113. The van der Waals surface area contributed by atoms with E-state index in [0.29, 0.717) is 16.5 Å². The topological polar surface area (TPSA) is 92.8 Å². The monoisotopic (exact) mass is 515 g/mol. The van der Waals surface area contributed by atoms with Gasteiger partial charge in [-0.1, -0.05) is 52.8 Å². The third-order valence-electron chi connectivity index (χ3n) is 7.65. The minimum absolute atomic E-state index is 0.117. The van der Waals surface area contributed by atoms with Crippen molar-refractivity contribution in [3.63, 3.8) is 0 Å². The van der Waals surface area contributed by atoms with E-state index >= 15 is 0 Å². The summed E-state index contributed by atoms with van der Waals surface area (Å²) in [6, 6.07) is 2.36. The highest BCUT2D eigenvalue weighted by Crippen LogP contribution is 2.45. The van der Waals surface area contributed by atoms with Crippen molar-refractivity contribution in [2.45, 2.75) is 96.9 Å². The lowest BCUT2D eigenvalue weighted by Gasteiger charge is -2.36. The number of amides is 1. The van der Waals surface area contributed by atoms with Gasteiger partial charge in [0.25, 0.3) is 0 Å². The second-order valence-corrected chi connectivity index (χ2v) is 12.7. The minimum atomic E-state index is -0.117. The van der Waals surface area contributed by atoms with Crippen molar-refractivity contribution in [3.05, 3.63) is 21.8 Å². The van der Waals surface area contributed by atoms with E-state index < -0.39 is 0 Å². The molecule has 7 nitrogen and oxygen atoms in total. The molecule has 3 heterocycles. The number of nitriles is 1. The van der Waals surface area contributed by atoms with Crippen LogP contribution in [0.3, 0.4) is 0 Å². The Hall–Kier alpha value is -1.89. The van der Waals surface area contributed by atoms with Crippen molar-refractivity contribution < 1.29 is 9.53 Å². The first-order chi connectivity index (χ1) is 16.7. The van der Waals surface area contributed by atoms with Crippen molar-refractivity contribution in [3.8, 4) is 6.07 Å². The van der Waals surface area contributed by atoms with E-state index in [1.807, 2.05) is 0 Å². The Morgan fingerprint density at radius 1 is 1.37 bits per heavy atom. The van der Waals surface area contributed by atoms with Crippen LogP contribution in [0.5, 0.6) is 0 Å². The predicted octanol–water partition coefficient (Wildman–Crippen LogP) is 5.79. The number of thiophene rings is 1. The normalized spacial score (nSPS) is 20.1. The van der Waals surface area contributed by atoms with Crippen LogP contribution in [0.15, 0.2) is 5.16 Å². The third kappa shape index (κ3) is 5.76. The molecule has 9 heteroatoms. The molecular weight excluding hydrogens is 478 g/mol. The molecule has 2 aromatic heterocycles. The number of thioether (sulfide) groups is 1. The van der Waals surface area contributed by atoms with Crippen molar-refractivity contribution >= 4 is 34.0 Å². The Balaban J connectivity index is 1.43. The number of rotatable bonds is 9. The Labute approximate surface area is 217 Å². The summed E-state index contributed by atoms with van der Waals surface area (Å²) < 4.78 is 7.94. The van der Waals surface area contributed by atoms with Crippen LogP contribution in [-0.4, -0.2) is 39.1 Å². The molecule has 35 heavy (non-hydrogen) atoms. The largest absolute Gasteiger partial charge is 0.376 e. The van der Waals surface area contributed by atoms with Gasteiger partial charge in [0.05, 0.1) is 24.0 Å². The van der Waals surface area contributed by atoms with Crippen LogP contribution in [0.4, 0.5) is 5.00 Å². The number of nitrogens with one attached hydrogen (secondary N) is 1. The summed E-state index contributed by atoms with van der Waals surface area (Å²) in [5.41, 5.74) is 2.07. The maximum atomic E-state index is 12.9. The van der Waals surface area contributed by atoms with E-state index in [2.05, 4.69) is 60.8 Å². The number of fused-ring (bicyclic) bond motifs is 1. The van der Waals surface area contributed by atoms with E-state index in [-0.39, 0.29) is 29.1 Å². The molecule has 0 radical (unpaired) electrons. The van der Waals surface area contributed by atoms with E-state index in [4.69, 9.17) is 4.74 Å². The number of hydrogen-bond acceptors (Lipinski definition) is 7. The summed E-state index contributed by atoms with van der Waals surface area (Å²) in [7, 11) is 0. The zero-order chi connectivity index (χ0) is 25.2. The molecule has 1 fully saturated rings. The van der Waals surface area contributed by atoms with Crippen molar-refractivity contribution in [2.75, 3.05) is 17.7 Å². The van der Waals surface area contributed by atoms with Crippen LogP contribution in [0.25, 0.3) is 0 Å². The Morgan fingerprint density at radius 2 is 2.17 bits per heavy atom. The van der Waals surface area contributed by atoms with Gasteiger partial charge in [-0.15, -0.1) is 21.5 Å². The van der Waals surface area contributed by atoms with Gasteiger partial charge in [0.15, 0.2) is 5.16 Å². The maximum Gasteiger partial charge on any atom is 0.235 e. The predicted molar refractivity (Wildman–Crippen MR) is 141 cm³/mol. The smallest absolute Gasteiger partial charge is 0.235 e. The second-order valence-electron chi connectivity index (χ2n) is 10.7. The molecule has 1 amide bonds. The molecule has 4 rings (SSSR count). The van der Waals surface area contributed by atoms with E-state index in [1.54, 1.807) is 11.3 Å². The van der Waals surface area contributed by atoms with E-state index in [0.717, 1.165) is 68.2 Å². The number of carbonyl (C=O) groups is 1. The quantitative estimate of drug-likeness (QED) is 0.425. The molecule has 1 N–H and O–H groups in total. The Bertz CT molecular complexity index is 1090. The maximum absolute atomic E-state index is 12.9. The number of hydrogen-bond donors (Lipinski definition) is 1. The highest BCUT2D eigenvalue weighted by Gasteiger charge is 2.34. The SMILES string of the molecule is CCC(C)(C)C1CCc2c(sc(NC(=O)CSc3nnc(C(C)C)n3CC3CCCO3)c2C#N)C1. The zero-order valence-corrected chi connectivity index (χ0v) is 23.2. The third-order valence-corrected chi connectivity index (χ3v) is 9.79. The average molecular weight is 516 g/mol. The molecule has 0 aromatic carbocycles. The molecule has 190 valence electrons. The standard InChI is InChI=1S/C26H37N5O2S2/c1-6-26(4,5)17-9-10-19-20(13-27)24(35-21(19)12-17)28-22(32)15-34-25-30-29-23(16(2)3)31(25)14-18-8-7-11-33-18/h16-18H,6-12,14-15H2,1-5H3,(H,28,32). The van der Waals surface area contributed by atoms with Gasteiger partial charge in [0.2, 0.25) is 5.91 Å². The zero-order valence-electron chi connectivity index (χ0n) is 21.5. The molecular formula is C26H37N5O2S2. The van der Waals surface area contributed by atoms with Crippen LogP contribution in [0, 0.1) is 22.7 Å². The fourth-order valence-electron chi connectivity index (χ4n) is 5.04. The first-order valence-corrected chi connectivity index (χ1v) is 14.6. The number of anilines is 1. The summed E-state index contributed by atoms with van der Waals surface area (Å²) in [5, 5.41) is 23.1. The summed E-state index contributed by atoms with van der Waals surface area (Å²) in [6.07, 6.45) is 6.44. The number of ether oxygens (including phenoxy) is 1. The van der Waals surface area contributed by atoms with E-state index in [1.165, 1.54) is 16.6 Å². The molecule has 2 unspecified atom stereocenters. The molecule has 0 bridgehead atoms. The number of nitrogens with zero attached hydrogens (tertiary/aromatic N) is 4. The summed E-state index contributed by atoms with van der Waals surface area (Å²) in [4.78, 5) is 14.2. The molecule has 0 spiro atoms. The lowest BCUT2D eigenvalue weighted by Crippen LogP contribution is -2.28. The van der Waals surface area contributed by atoms with Gasteiger partial charge in [-0.05, 0) is 49.0 Å². The summed E-state index contributed by atoms with van der Waals surface area (Å²) in [6.45, 7) is 12.6. The van der Waals surface area contributed by atoms with Gasteiger partial charge in [0.1, 0.15) is 16.9 Å². The van der Waals surface area contributed by atoms with Gasteiger partial charge in [-0.25, -0.2) is 0 Å².